The molecular formula is C17H18O4S. The standard InChI is InChI=1S/C17H18O4S/c1-3-20-16(18)14-10-12-7-5-6-8-13(9-12)11-15(22-14)17(19)21-4-2/h5-8,10-11H,3-4,9H2,1-2H3/b14-10-,15-11-. The minimum atomic E-state index is -0.427. The van der Waals surface area contributed by atoms with E-state index in [0.717, 1.165) is 22.9 Å². The number of hydrogen-bond acceptors (Lipinski definition) is 5. The molecule has 2 aliphatic rings. The number of hydrogen-bond donors (Lipinski definition) is 0. The van der Waals surface area contributed by atoms with Gasteiger partial charge in [0.2, 0.25) is 0 Å². The summed E-state index contributed by atoms with van der Waals surface area (Å²) in [7, 11) is 0. The van der Waals surface area contributed by atoms with Crippen molar-refractivity contribution >= 4 is 23.7 Å². The van der Waals surface area contributed by atoms with Crippen molar-refractivity contribution in [3.63, 3.8) is 0 Å². The Balaban J connectivity index is 2.39. The van der Waals surface area contributed by atoms with Crippen LogP contribution in [0.15, 0.2) is 57.4 Å². The van der Waals surface area contributed by atoms with Crippen LogP contribution in [0.2, 0.25) is 0 Å². The first-order chi connectivity index (χ1) is 10.6. The molecule has 0 spiro atoms. The van der Waals surface area contributed by atoms with Gasteiger partial charge in [-0.05, 0) is 43.6 Å². The van der Waals surface area contributed by atoms with Crippen LogP contribution in [0.4, 0.5) is 0 Å². The zero-order chi connectivity index (χ0) is 15.9. The molecule has 116 valence electrons. The quantitative estimate of drug-likeness (QED) is 0.743. The van der Waals surface area contributed by atoms with Gasteiger partial charge >= 0.3 is 11.9 Å². The van der Waals surface area contributed by atoms with Crippen LogP contribution in [0.5, 0.6) is 0 Å². The smallest absolute Gasteiger partial charge is 0.344 e. The average molecular weight is 318 g/mol. The van der Waals surface area contributed by atoms with Crippen LogP contribution in [0.3, 0.4) is 0 Å². The van der Waals surface area contributed by atoms with Gasteiger partial charge in [0.15, 0.2) is 0 Å². The largest absolute Gasteiger partial charge is 0.462 e. The molecule has 0 atom stereocenters. The summed E-state index contributed by atoms with van der Waals surface area (Å²) >= 11 is 1.09. The summed E-state index contributed by atoms with van der Waals surface area (Å²) in [5, 5.41) is 0. The van der Waals surface area contributed by atoms with Crippen LogP contribution < -0.4 is 0 Å². The Labute approximate surface area is 134 Å². The normalized spacial score (nSPS) is 21.7. The Hall–Kier alpha value is -2.01. The number of fused-ring (bicyclic) bond motifs is 2. The summed E-state index contributed by atoms with van der Waals surface area (Å²) in [4.78, 5) is 25.0. The molecule has 0 fully saturated rings. The van der Waals surface area contributed by atoms with Gasteiger partial charge in [-0.25, -0.2) is 9.59 Å². The molecule has 1 heterocycles. The van der Waals surface area contributed by atoms with Gasteiger partial charge in [0.1, 0.15) is 0 Å². The number of esters is 2. The topological polar surface area (TPSA) is 52.6 Å². The van der Waals surface area contributed by atoms with Gasteiger partial charge in [-0.1, -0.05) is 36.1 Å². The summed E-state index contributed by atoms with van der Waals surface area (Å²) in [6.45, 7) is 4.09. The maximum atomic E-state index is 12.1. The average Bonchev–Trinajstić information content (AvgIpc) is 2.70. The van der Waals surface area contributed by atoms with Gasteiger partial charge in [-0.3, -0.25) is 0 Å². The molecule has 0 aromatic rings. The number of carbonyl (C=O) groups excluding carboxylic acids is 2. The molecule has 0 saturated heterocycles. The summed E-state index contributed by atoms with van der Waals surface area (Å²) < 4.78 is 10.1. The van der Waals surface area contributed by atoms with Crippen molar-refractivity contribution in [3.05, 3.63) is 57.4 Å². The second-order valence-corrected chi connectivity index (χ2v) is 5.69. The Kier molecular flexibility index (Phi) is 5.83. The molecular weight excluding hydrogens is 300 g/mol. The van der Waals surface area contributed by atoms with Gasteiger partial charge in [0.25, 0.3) is 0 Å². The van der Waals surface area contributed by atoms with Crippen molar-refractivity contribution < 1.29 is 19.1 Å². The Bertz CT molecular complexity index is 569. The summed E-state index contributed by atoms with van der Waals surface area (Å²) in [6.07, 6.45) is 11.9. The fourth-order valence-corrected chi connectivity index (χ4v) is 2.97. The lowest BCUT2D eigenvalue weighted by atomic mass is 10.0. The van der Waals surface area contributed by atoms with Crippen molar-refractivity contribution in [2.75, 3.05) is 13.2 Å². The first-order valence-corrected chi connectivity index (χ1v) is 7.97. The molecule has 0 N–H and O–H groups in total. The van der Waals surface area contributed by atoms with E-state index in [1.54, 1.807) is 26.0 Å². The first kappa shape index (κ1) is 16.4. The van der Waals surface area contributed by atoms with Gasteiger partial charge in [-0.15, -0.1) is 0 Å². The molecule has 0 aromatic carbocycles. The van der Waals surface area contributed by atoms with Gasteiger partial charge in [0.05, 0.1) is 23.0 Å². The second kappa shape index (κ2) is 7.84. The van der Waals surface area contributed by atoms with Crippen molar-refractivity contribution in [2.24, 2.45) is 0 Å². The second-order valence-electron chi connectivity index (χ2n) is 4.61. The predicted octanol–water partition coefficient (Wildman–Crippen LogP) is 3.44. The van der Waals surface area contributed by atoms with E-state index in [1.807, 2.05) is 24.3 Å². The number of thioether (sulfide) groups is 1. The van der Waals surface area contributed by atoms with E-state index in [0.29, 0.717) is 29.4 Å². The number of ether oxygens (including phenoxy) is 2. The van der Waals surface area contributed by atoms with E-state index in [9.17, 15) is 9.59 Å². The van der Waals surface area contributed by atoms with Crippen LogP contribution in [0, 0.1) is 0 Å². The highest BCUT2D eigenvalue weighted by atomic mass is 32.2. The van der Waals surface area contributed by atoms with Crippen LogP contribution in [-0.2, 0) is 19.1 Å². The molecule has 0 saturated carbocycles. The molecule has 2 rings (SSSR count). The lowest BCUT2D eigenvalue weighted by Gasteiger charge is -2.14. The zero-order valence-corrected chi connectivity index (χ0v) is 13.4. The molecule has 0 aromatic heterocycles. The third-order valence-electron chi connectivity index (χ3n) is 2.95. The van der Waals surface area contributed by atoms with Crippen molar-refractivity contribution in [2.45, 2.75) is 20.3 Å². The van der Waals surface area contributed by atoms with Gasteiger partial charge in [-0.2, -0.15) is 0 Å². The number of rotatable bonds is 4. The lowest BCUT2D eigenvalue weighted by Crippen LogP contribution is -2.11. The first-order valence-electron chi connectivity index (χ1n) is 7.16. The molecule has 22 heavy (non-hydrogen) atoms. The molecule has 4 nitrogen and oxygen atoms in total. The van der Waals surface area contributed by atoms with E-state index >= 15 is 0 Å². The number of carbonyl (C=O) groups is 2. The number of allylic oxidation sites excluding steroid dienone is 8. The minimum absolute atomic E-state index is 0.291. The van der Waals surface area contributed by atoms with Crippen molar-refractivity contribution in [1.82, 2.24) is 0 Å². The third kappa shape index (κ3) is 4.24. The molecule has 0 amide bonds. The van der Waals surface area contributed by atoms with Gasteiger partial charge in [0, 0.05) is 0 Å². The Morgan fingerprint density at radius 1 is 0.955 bits per heavy atom. The molecule has 5 heteroatoms. The lowest BCUT2D eigenvalue weighted by molar-refractivity contribution is -0.138. The van der Waals surface area contributed by atoms with E-state index < -0.39 is 11.9 Å². The van der Waals surface area contributed by atoms with Crippen LogP contribution >= 0.6 is 11.8 Å². The van der Waals surface area contributed by atoms with Crippen molar-refractivity contribution in [1.29, 1.82) is 0 Å². The summed E-state index contributed by atoms with van der Waals surface area (Å²) in [5.74, 6) is -0.853. The SMILES string of the molecule is CCOC(=O)/C1=C/C2=CC=CC=C(/C=C(/C(=O)OCC)S1)C2. The van der Waals surface area contributed by atoms with Crippen molar-refractivity contribution in [3.8, 4) is 0 Å². The van der Waals surface area contributed by atoms with Crippen LogP contribution in [0.25, 0.3) is 0 Å². The molecule has 0 radical (unpaired) electrons. The highest BCUT2D eigenvalue weighted by molar-refractivity contribution is 8.08. The van der Waals surface area contributed by atoms with Crippen LogP contribution in [0.1, 0.15) is 20.3 Å². The Morgan fingerprint density at radius 3 is 1.82 bits per heavy atom. The van der Waals surface area contributed by atoms with E-state index in [4.69, 9.17) is 9.47 Å². The zero-order valence-electron chi connectivity index (χ0n) is 12.6. The molecule has 0 unspecified atom stereocenters. The fourth-order valence-electron chi connectivity index (χ4n) is 2.03. The minimum Gasteiger partial charge on any atom is -0.462 e. The summed E-state index contributed by atoms with van der Waals surface area (Å²) in [6, 6.07) is 0. The maximum absolute atomic E-state index is 12.1. The maximum Gasteiger partial charge on any atom is 0.344 e. The van der Waals surface area contributed by atoms with E-state index in [2.05, 4.69) is 0 Å². The fraction of sp³-hybridized carbons (Fsp3) is 0.294. The highest BCUT2D eigenvalue weighted by Crippen LogP contribution is 2.34. The van der Waals surface area contributed by atoms with Crippen LogP contribution in [-0.4, -0.2) is 25.2 Å². The summed E-state index contributed by atoms with van der Waals surface area (Å²) in [5.41, 5.74) is 1.99. The third-order valence-corrected chi connectivity index (χ3v) is 3.95. The van der Waals surface area contributed by atoms with E-state index in [-0.39, 0.29) is 0 Å². The van der Waals surface area contributed by atoms with Gasteiger partial charge < -0.3 is 9.47 Å². The Morgan fingerprint density at radius 2 is 1.41 bits per heavy atom. The predicted molar refractivity (Wildman–Crippen MR) is 86.9 cm³/mol. The molecule has 2 bridgehead atoms. The monoisotopic (exact) mass is 318 g/mol. The molecule has 1 aliphatic heterocycles. The van der Waals surface area contributed by atoms with E-state index in [1.165, 1.54) is 0 Å². The molecule has 1 aliphatic carbocycles. The highest BCUT2D eigenvalue weighted by Gasteiger charge is 2.22.